The molecular weight excluding hydrogens is 394 g/mol. The monoisotopic (exact) mass is 433 g/mol. The predicted molar refractivity (Wildman–Crippen MR) is 117 cm³/mol. The van der Waals surface area contributed by atoms with Crippen LogP contribution in [0.5, 0.6) is 0 Å². The Hall–Kier alpha value is -1.56. The van der Waals surface area contributed by atoms with E-state index in [2.05, 4.69) is 13.8 Å². The Labute approximate surface area is 186 Å². The molecule has 7 atom stereocenters. The molecule has 0 radical (unpaired) electrons. The summed E-state index contributed by atoms with van der Waals surface area (Å²) in [6.07, 6.45) is 6.54. The summed E-state index contributed by atoms with van der Waals surface area (Å²) in [5, 5.41) is 10.4. The number of fused-ring (bicyclic) bond motifs is 5. The summed E-state index contributed by atoms with van der Waals surface area (Å²) in [6, 6.07) is 0. The molecule has 174 valence electrons. The first-order chi connectivity index (χ1) is 14.4. The molecule has 0 aromatic rings. The van der Waals surface area contributed by atoms with Crippen molar-refractivity contribution < 1.29 is 24.2 Å². The standard InChI is InChI=1S/C25H39NO5/c1-23(2,3)31-22(29)26-14-16-17-7-8-19(21(28)30-6)24(17,4)12-10-18(16)25(5)11-9-15(27)13-20(25)26/h13,15-19,27H,7-12,14H2,1-6H3/t15-,16-,17-,18-,19+,24-,25+/m0/s1. The molecule has 2 saturated carbocycles. The molecule has 1 saturated heterocycles. The molecule has 3 aliphatic carbocycles. The predicted octanol–water partition coefficient (Wildman–Crippen LogP) is 4.51. The zero-order valence-electron chi connectivity index (χ0n) is 19.9. The molecule has 4 rings (SSSR count). The maximum Gasteiger partial charge on any atom is 0.414 e. The first-order valence-electron chi connectivity index (χ1n) is 11.9. The van der Waals surface area contributed by atoms with Gasteiger partial charge in [0.1, 0.15) is 5.60 Å². The molecular formula is C25H39NO5. The second-order valence-corrected chi connectivity index (χ2v) is 11.7. The zero-order chi connectivity index (χ0) is 22.8. The number of piperidine rings is 1. The van der Waals surface area contributed by atoms with E-state index in [1.807, 2.05) is 31.7 Å². The maximum atomic E-state index is 13.3. The van der Waals surface area contributed by atoms with E-state index in [9.17, 15) is 14.7 Å². The van der Waals surface area contributed by atoms with Crippen molar-refractivity contribution in [3.63, 3.8) is 0 Å². The van der Waals surface area contributed by atoms with Gasteiger partial charge in [0.15, 0.2) is 0 Å². The molecule has 0 unspecified atom stereocenters. The molecule has 31 heavy (non-hydrogen) atoms. The quantitative estimate of drug-likeness (QED) is 0.616. The molecule has 6 nitrogen and oxygen atoms in total. The highest BCUT2D eigenvalue weighted by molar-refractivity contribution is 5.74. The summed E-state index contributed by atoms with van der Waals surface area (Å²) in [5.74, 6) is 0.996. The number of hydrogen-bond donors (Lipinski definition) is 1. The van der Waals surface area contributed by atoms with Crippen molar-refractivity contribution in [1.29, 1.82) is 0 Å². The molecule has 0 aromatic carbocycles. The van der Waals surface area contributed by atoms with Gasteiger partial charge >= 0.3 is 12.1 Å². The number of amides is 1. The normalized spacial score (nSPS) is 42.1. The summed E-state index contributed by atoms with van der Waals surface area (Å²) >= 11 is 0. The number of aliphatic hydroxyl groups excluding tert-OH is 1. The van der Waals surface area contributed by atoms with E-state index in [1.54, 1.807) is 0 Å². The van der Waals surface area contributed by atoms with Crippen LogP contribution >= 0.6 is 0 Å². The van der Waals surface area contributed by atoms with Gasteiger partial charge in [0.25, 0.3) is 0 Å². The summed E-state index contributed by atoms with van der Waals surface area (Å²) in [7, 11) is 1.49. The average molecular weight is 434 g/mol. The summed E-state index contributed by atoms with van der Waals surface area (Å²) in [6.45, 7) is 10.8. The van der Waals surface area contributed by atoms with Gasteiger partial charge in [0.05, 0.1) is 19.1 Å². The van der Waals surface area contributed by atoms with Crippen LogP contribution in [0.1, 0.15) is 73.1 Å². The number of carbonyl (C=O) groups excluding carboxylic acids is 2. The van der Waals surface area contributed by atoms with Gasteiger partial charge in [-0.15, -0.1) is 0 Å². The van der Waals surface area contributed by atoms with Crippen LogP contribution in [0.2, 0.25) is 0 Å². The number of nitrogens with zero attached hydrogens (tertiary/aromatic N) is 1. The summed E-state index contributed by atoms with van der Waals surface area (Å²) < 4.78 is 10.9. The van der Waals surface area contributed by atoms with Crippen molar-refractivity contribution in [3.8, 4) is 0 Å². The van der Waals surface area contributed by atoms with Crippen LogP contribution in [0, 0.1) is 34.5 Å². The van der Waals surface area contributed by atoms with Crippen LogP contribution in [0.25, 0.3) is 0 Å². The van der Waals surface area contributed by atoms with E-state index in [-0.39, 0.29) is 28.8 Å². The molecule has 1 N–H and O–H groups in total. The molecule has 4 aliphatic rings. The highest BCUT2D eigenvalue weighted by Crippen LogP contribution is 2.65. The van der Waals surface area contributed by atoms with Crippen molar-refractivity contribution in [2.24, 2.45) is 34.5 Å². The average Bonchev–Trinajstić information content (AvgIpc) is 3.03. The Bertz CT molecular complexity index is 785. The number of allylic oxidation sites excluding steroid dienone is 1. The van der Waals surface area contributed by atoms with Gasteiger partial charge in [-0.2, -0.15) is 0 Å². The lowest BCUT2D eigenvalue weighted by Crippen LogP contribution is -2.59. The number of hydrogen-bond acceptors (Lipinski definition) is 5. The maximum absolute atomic E-state index is 13.3. The van der Waals surface area contributed by atoms with Gasteiger partial charge in [0.2, 0.25) is 0 Å². The lowest BCUT2D eigenvalue weighted by atomic mass is 9.49. The molecule has 1 amide bonds. The topological polar surface area (TPSA) is 76.1 Å². The SMILES string of the molecule is COC(=O)[C@H]1CC[C@H]2[C@@H]3CN(C(=O)OC(C)(C)C)C4=C[C@@H](O)CC[C@]4(C)[C@H]3CC[C@]12C. The Morgan fingerprint density at radius 1 is 1.10 bits per heavy atom. The van der Waals surface area contributed by atoms with Crippen LogP contribution in [0.4, 0.5) is 4.79 Å². The van der Waals surface area contributed by atoms with Crippen molar-refractivity contribution in [3.05, 3.63) is 11.8 Å². The van der Waals surface area contributed by atoms with Crippen LogP contribution in [-0.2, 0) is 14.3 Å². The smallest absolute Gasteiger partial charge is 0.414 e. The number of carbonyl (C=O) groups is 2. The third kappa shape index (κ3) is 3.59. The van der Waals surface area contributed by atoms with Crippen LogP contribution in [0.15, 0.2) is 11.8 Å². The van der Waals surface area contributed by atoms with E-state index >= 15 is 0 Å². The van der Waals surface area contributed by atoms with E-state index in [1.165, 1.54) is 7.11 Å². The minimum atomic E-state index is -0.581. The summed E-state index contributed by atoms with van der Waals surface area (Å²) in [4.78, 5) is 27.6. The van der Waals surface area contributed by atoms with Crippen LogP contribution in [-0.4, -0.2) is 47.4 Å². The fourth-order valence-corrected chi connectivity index (χ4v) is 7.47. The van der Waals surface area contributed by atoms with Crippen molar-refractivity contribution >= 4 is 12.1 Å². The third-order valence-corrected chi connectivity index (χ3v) is 8.93. The number of likely N-dealkylation sites (tertiary alicyclic amines) is 1. The summed E-state index contributed by atoms with van der Waals surface area (Å²) in [5.41, 5.74) is 0.110. The first kappa shape index (κ1) is 22.6. The molecule has 3 fully saturated rings. The second kappa shape index (κ2) is 7.50. The highest BCUT2D eigenvalue weighted by Gasteiger charge is 2.62. The fourth-order valence-electron chi connectivity index (χ4n) is 7.47. The van der Waals surface area contributed by atoms with E-state index in [0.29, 0.717) is 24.3 Å². The first-order valence-corrected chi connectivity index (χ1v) is 11.9. The molecule has 1 heterocycles. The number of methoxy groups -OCH3 is 1. The van der Waals surface area contributed by atoms with Crippen LogP contribution in [0.3, 0.4) is 0 Å². The number of ether oxygens (including phenoxy) is 2. The second-order valence-electron chi connectivity index (χ2n) is 11.7. The Kier molecular flexibility index (Phi) is 5.47. The Balaban J connectivity index is 1.71. The van der Waals surface area contributed by atoms with Crippen molar-refractivity contribution in [2.75, 3.05) is 13.7 Å². The number of esters is 1. The molecule has 6 heteroatoms. The van der Waals surface area contributed by atoms with Gasteiger partial charge in [-0.25, -0.2) is 4.79 Å². The highest BCUT2D eigenvalue weighted by atomic mass is 16.6. The number of aliphatic hydroxyl groups is 1. The lowest BCUT2D eigenvalue weighted by molar-refractivity contribution is -0.153. The third-order valence-electron chi connectivity index (χ3n) is 8.93. The van der Waals surface area contributed by atoms with Crippen molar-refractivity contribution in [2.45, 2.75) is 84.8 Å². The lowest BCUT2D eigenvalue weighted by Gasteiger charge is -2.60. The minimum absolute atomic E-state index is 0.0589. The Morgan fingerprint density at radius 2 is 1.81 bits per heavy atom. The molecule has 0 bridgehead atoms. The largest absolute Gasteiger partial charge is 0.469 e. The van der Waals surface area contributed by atoms with Gasteiger partial charge < -0.3 is 14.6 Å². The van der Waals surface area contributed by atoms with Crippen molar-refractivity contribution in [1.82, 2.24) is 4.90 Å². The van der Waals surface area contributed by atoms with E-state index in [0.717, 1.165) is 44.2 Å². The van der Waals surface area contributed by atoms with Gasteiger partial charge in [0, 0.05) is 17.7 Å². The van der Waals surface area contributed by atoms with Gasteiger partial charge in [-0.1, -0.05) is 13.8 Å². The zero-order valence-corrected chi connectivity index (χ0v) is 19.9. The molecule has 1 aliphatic heterocycles. The molecule has 0 spiro atoms. The van der Waals surface area contributed by atoms with Gasteiger partial charge in [-0.3, -0.25) is 9.69 Å². The molecule has 0 aromatic heterocycles. The number of rotatable bonds is 1. The minimum Gasteiger partial charge on any atom is -0.469 e. The van der Waals surface area contributed by atoms with E-state index in [4.69, 9.17) is 9.47 Å². The van der Waals surface area contributed by atoms with E-state index < -0.39 is 11.7 Å². The van der Waals surface area contributed by atoms with Gasteiger partial charge in [-0.05, 0) is 88.5 Å². The Morgan fingerprint density at radius 3 is 2.45 bits per heavy atom. The fraction of sp³-hybridized carbons (Fsp3) is 0.840. The van der Waals surface area contributed by atoms with Crippen LogP contribution < -0.4 is 0 Å².